The predicted molar refractivity (Wildman–Crippen MR) is 217 cm³/mol. The Labute approximate surface area is 335 Å². The van der Waals surface area contributed by atoms with E-state index >= 15 is 0 Å². The average Bonchev–Trinajstić information content (AvgIpc) is 3.20. The number of benzene rings is 5. The Hall–Kier alpha value is -7.74. The standard InChI is InChI=1S/C45H35N3O11/c1-48(2)24-6-11-29-37(18-24)58-36-17-23(46)5-10-28(36)40(29)32-15-21(3-9-27(32)44(54)55)42(51)47-20-34-35(50)14-13-31-39(30-12-7-25(49)19-38(30)59-41(31)34)26-8-4-22(43(52)53)16-33(26)45(56)57/h3-4,6-9,11-16,18-19,36,46,49H,5,10,17,20H2,1-2H3,(H,47,51)(H,52,53)(H,54,55)(H,56,57). The van der Waals surface area contributed by atoms with E-state index < -0.39 is 35.3 Å². The molecule has 0 radical (unpaired) electrons. The number of fused-ring (bicyclic) bond motifs is 4. The van der Waals surface area contributed by atoms with Gasteiger partial charge in [0.25, 0.3) is 5.91 Å². The summed E-state index contributed by atoms with van der Waals surface area (Å²) in [5.74, 6) is -4.24. The van der Waals surface area contributed by atoms with Gasteiger partial charge in [0.05, 0.1) is 28.8 Å². The molecule has 1 atom stereocenters. The summed E-state index contributed by atoms with van der Waals surface area (Å²) in [7, 11) is 3.77. The molecule has 2 aliphatic carbocycles. The van der Waals surface area contributed by atoms with Gasteiger partial charge in [0.2, 0.25) is 0 Å². The number of carboxylic acids is 3. The van der Waals surface area contributed by atoms with Crippen LogP contribution in [0.5, 0.6) is 11.5 Å². The third-order valence-corrected chi connectivity index (χ3v) is 10.8. The van der Waals surface area contributed by atoms with Gasteiger partial charge in [0.15, 0.2) is 5.43 Å². The van der Waals surface area contributed by atoms with Crippen LogP contribution in [-0.2, 0) is 6.54 Å². The summed E-state index contributed by atoms with van der Waals surface area (Å²) in [4.78, 5) is 66.4. The molecule has 0 aromatic heterocycles. The molecule has 1 fully saturated rings. The lowest BCUT2D eigenvalue weighted by atomic mass is 9.79. The second kappa shape index (κ2) is 14.6. The van der Waals surface area contributed by atoms with Crippen molar-refractivity contribution in [2.75, 3.05) is 19.0 Å². The van der Waals surface area contributed by atoms with Crippen LogP contribution in [0.1, 0.15) is 77.4 Å². The van der Waals surface area contributed by atoms with Crippen LogP contribution in [0.3, 0.4) is 0 Å². The first kappa shape index (κ1) is 38.1. The third kappa shape index (κ3) is 6.79. The van der Waals surface area contributed by atoms with Gasteiger partial charge in [-0.25, -0.2) is 14.4 Å². The molecule has 296 valence electrons. The first-order valence-corrected chi connectivity index (χ1v) is 18.5. The fraction of sp³-hybridized carbons (Fsp3) is 0.156. The third-order valence-electron chi connectivity index (χ3n) is 10.8. The summed E-state index contributed by atoms with van der Waals surface area (Å²) in [6.07, 6.45) is 0.779. The molecule has 14 nitrogen and oxygen atoms in total. The maximum atomic E-state index is 14.0. The summed E-state index contributed by atoms with van der Waals surface area (Å²) >= 11 is 0. The molecule has 2 heterocycles. The molecule has 0 spiro atoms. The minimum atomic E-state index is -1.40. The Kier molecular flexibility index (Phi) is 9.47. The quantitative estimate of drug-likeness (QED) is 0.0804. The topological polar surface area (TPSA) is 228 Å². The van der Waals surface area contributed by atoms with Crippen LogP contribution < -0.4 is 20.4 Å². The molecule has 6 N–H and O–H groups in total. The maximum absolute atomic E-state index is 14.0. The molecular weight excluding hydrogens is 759 g/mol. The molecule has 1 unspecified atom stereocenters. The van der Waals surface area contributed by atoms with Gasteiger partial charge in [-0.3, -0.25) is 9.59 Å². The summed E-state index contributed by atoms with van der Waals surface area (Å²) in [5, 5.41) is 52.0. The normalized spacial score (nSPS) is 14.7. The Morgan fingerprint density at radius 1 is 0.780 bits per heavy atom. The molecule has 4 aromatic carbocycles. The fourth-order valence-corrected chi connectivity index (χ4v) is 7.89. The van der Waals surface area contributed by atoms with Crippen LogP contribution in [-0.4, -0.2) is 70.2 Å². The monoisotopic (exact) mass is 793 g/mol. The SMILES string of the molecule is CN(C)c1ccc2c(c1)OC1CC(=N)CCC1=C2c1cc(C(=O)NCc2c3oc4cc(O)ccc4c(-c4ccc(C(=O)O)cc4C(=O)O)c-3ccc2=O)ccc1C(=O)O. The number of amides is 1. The number of hydrogen-bond acceptors (Lipinski definition) is 10. The zero-order valence-electron chi connectivity index (χ0n) is 31.6. The number of hydrogen-bond donors (Lipinski definition) is 6. The van der Waals surface area contributed by atoms with E-state index in [1.54, 1.807) is 0 Å². The van der Waals surface area contributed by atoms with Crippen molar-refractivity contribution in [3.05, 3.63) is 140 Å². The highest BCUT2D eigenvalue weighted by Crippen LogP contribution is 2.47. The average molecular weight is 794 g/mol. The highest BCUT2D eigenvalue weighted by molar-refractivity contribution is 6.09. The number of phenolic OH excluding ortho intramolecular Hbond substituents is 1. The van der Waals surface area contributed by atoms with E-state index in [2.05, 4.69) is 5.32 Å². The molecule has 8 rings (SSSR count). The minimum absolute atomic E-state index is 0.00349. The van der Waals surface area contributed by atoms with Crippen molar-refractivity contribution in [1.82, 2.24) is 5.32 Å². The number of nitrogens with zero attached hydrogens (tertiary/aromatic N) is 1. The molecular formula is C45H35N3O11. The van der Waals surface area contributed by atoms with Crippen molar-refractivity contribution < 1.29 is 48.8 Å². The number of carboxylic acid groups (broad SMARTS) is 3. The summed E-state index contributed by atoms with van der Waals surface area (Å²) in [5.41, 5.74) is 3.51. The molecule has 4 aliphatic rings. The van der Waals surface area contributed by atoms with Crippen molar-refractivity contribution in [1.29, 1.82) is 5.41 Å². The number of nitrogens with one attached hydrogen (secondary N) is 2. The highest BCUT2D eigenvalue weighted by Gasteiger charge is 2.35. The number of rotatable bonds is 9. The number of aromatic hydroxyl groups is 1. The van der Waals surface area contributed by atoms with Crippen molar-refractivity contribution >= 4 is 51.8 Å². The summed E-state index contributed by atoms with van der Waals surface area (Å²) < 4.78 is 12.6. The minimum Gasteiger partial charge on any atom is -0.508 e. The Bertz CT molecular complexity index is 2890. The second-order valence-corrected chi connectivity index (χ2v) is 14.6. The smallest absolute Gasteiger partial charge is 0.336 e. The number of carbonyl (C=O) groups excluding carboxylic acids is 1. The van der Waals surface area contributed by atoms with Crippen molar-refractivity contribution in [2.24, 2.45) is 0 Å². The largest absolute Gasteiger partial charge is 0.508 e. The van der Waals surface area contributed by atoms with Crippen LogP contribution in [0, 0.1) is 5.41 Å². The van der Waals surface area contributed by atoms with Gasteiger partial charge < -0.3 is 45.2 Å². The highest BCUT2D eigenvalue weighted by atomic mass is 16.5. The van der Waals surface area contributed by atoms with Crippen molar-refractivity contribution in [3.63, 3.8) is 0 Å². The molecule has 59 heavy (non-hydrogen) atoms. The predicted octanol–water partition coefficient (Wildman–Crippen LogP) is 7.13. The molecule has 1 saturated carbocycles. The lowest BCUT2D eigenvalue weighted by Gasteiger charge is -2.35. The molecule has 4 aromatic rings. The first-order valence-electron chi connectivity index (χ1n) is 18.5. The van der Waals surface area contributed by atoms with Crippen LogP contribution >= 0.6 is 0 Å². The Morgan fingerprint density at radius 3 is 2.24 bits per heavy atom. The van der Waals surface area contributed by atoms with Crippen LogP contribution in [0.4, 0.5) is 5.69 Å². The first-order chi connectivity index (χ1) is 28.2. The van der Waals surface area contributed by atoms with Crippen molar-refractivity contribution in [2.45, 2.75) is 31.9 Å². The van der Waals surface area contributed by atoms with E-state index in [4.69, 9.17) is 14.6 Å². The van der Waals surface area contributed by atoms with Crippen molar-refractivity contribution in [3.8, 4) is 33.9 Å². The zero-order valence-corrected chi connectivity index (χ0v) is 31.6. The number of aromatic carboxylic acids is 3. The summed E-state index contributed by atoms with van der Waals surface area (Å²) in [6, 6.07) is 20.4. The lowest BCUT2D eigenvalue weighted by Crippen LogP contribution is -2.32. The molecule has 14 heteroatoms. The zero-order chi connectivity index (χ0) is 41.9. The summed E-state index contributed by atoms with van der Waals surface area (Å²) in [6.45, 7) is -0.371. The van der Waals surface area contributed by atoms with Gasteiger partial charge >= 0.3 is 17.9 Å². The van der Waals surface area contributed by atoms with Gasteiger partial charge in [-0.1, -0.05) is 6.07 Å². The Morgan fingerprint density at radius 2 is 1.51 bits per heavy atom. The van der Waals surface area contributed by atoms with E-state index in [0.29, 0.717) is 52.8 Å². The van der Waals surface area contributed by atoms with Crippen LogP contribution in [0.15, 0.2) is 99.7 Å². The van der Waals surface area contributed by atoms with Crippen LogP contribution in [0.25, 0.3) is 39.0 Å². The molecule has 1 amide bonds. The lowest BCUT2D eigenvalue weighted by molar-refractivity contribution is 0.0682. The van der Waals surface area contributed by atoms with E-state index in [1.165, 1.54) is 60.7 Å². The van der Waals surface area contributed by atoms with Gasteiger partial charge in [0.1, 0.15) is 28.9 Å². The number of anilines is 1. The maximum Gasteiger partial charge on any atom is 0.336 e. The number of ether oxygens (including phenoxy) is 1. The number of carbonyl (C=O) groups is 4. The van der Waals surface area contributed by atoms with E-state index in [-0.39, 0.29) is 68.1 Å². The van der Waals surface area contributed by atoms with Gasteiger partial charge in [-0.05, 0) is 102 Å². The molecule has 2 aliphatic heterocycles. The second-order valence-electron chi connectivity index (χ2n) is 14.6. The fourth-order valence-electron chi connectivity index (χ4n) is 7.89. The van der Waals surface area contributed by atoms with Gasteiger partial charge in [0, 0.05) is 71.7 Å². The van der Waals surface area contributed by atoms with E-state index in [0.717, 1.165) is 17.3 Å². The van der Waals surface area contributed by atoms with Crippen LogP contribution in [0.2, 0.25) is 0 Å². The molecule has 0 saturated heterocycles. The van der Waals surface area contributed by atoms with Gasteiger partial charge in [-0.2, -0.15) is 0 Å². The van der Waals surface area contributed by atoms with Gasteiger partial charge in [-0.15, -0.1) is 0 Å². The molecule has 0 bridgehead atoms. The Balaban J connectivity index is 1.21. The van der Waals surface area contributed by atoms with E-state index in [9.17, 15) is 44.4 Å². The number of phenols is 1. The van der Waals surface area contributed by atoms with E-state index in [1.807, 2.05) is 37.2 Å².